The monoisotopic (exact) mass is 248 g/mol. The Kier molecular flexibility index (Phi) is 7.04. The fourth-order valence-electron chi connectivity index (χ4n) is 0.270. The number of halogens is 1. The van der Waals surface area contributed by atoms with Gasteiger partial charge in [-0.1, -0.05) is 0 Å². The van der Waals surface area contributed by atoms with E-state index in [0.29, 0.717) is 13.2 Å². The summed E-state index contributed by atoms with van der Waals surface area (Å²) in [6.07, 6.45) is -0.215. The first-order valence-electron chi connectivity index (χ1n) is 2.36. The van der Waals surface area contributed by atoms with E-state index < -0.39 is 21.9 Å². The Labute approximate surface area is 65.0 Å². The quantitative estimate of drug-likeness (QED) is 0.257. The molecule has 0 amide bonds. The fourth-order valence-corrected chi connectivity index (χ4v) is 0.878. The molecule has 6 N–H and O–H groups in total. The zero-order valence-electron chi connectivity index (χ0n) is 4.92. The summed E-state index contributed by atoms with van der Waals surface area (Å²) in [5, 5.41) is 0. The minimum absolute atomic E-state index is 0.215. The molecule has 58 valence electrons. The number of rotatable bonds is 5. The SMILES string of the molecule is NCC(CO[I-]N)ON. The van der Waals surface area contributed by atoms with Crippen LogP contribution >= 0.6 is 0 Å². The van der Waals surface area contributed by atoms with Crippen LogP contribution in [0.1, 0.15) is 0 Å². The van der Waals surface area contributed by atoms with E-state index in [4.69, 9.17) is 18.6 Å². The summed E-state index contributed by atoms with van der Waals surface area (Å²) < 4.78 is 10.0. The second-order valence-corrected chi connectivity index (χ2v) is 2.49. The van der Waals surface area contributed by atoms with Crippen molar-refractivity contribution in [3.63, 3.8) is 0 Å². The standard InChI is InChI=1S/C3H11IN3O2/c5-1-3(9-7)2-8-4-6/h3H,1-2,5-7H2/q-1. The van der Waals surface area contributed by atoms with Gasteiger partial charge >= 0.3 is 64.6 Å². The molecule has 6 heteroatoms. The average Bonchev–Trinajstić information content (AvgIpc) is 1.91. The molecule has 0 aromatic heterocycles. The first kappa shape index (κ1) is 9.53. The van der Waals surface area contributed by atoms with Gasteiger partial charge in [-0.05, 0) is 0 Å². The van der Waals surface area contributed by atoms with Crippen molar-refractivity contribution in [2.24, 2.45) is 15.6 Å². The summed E-state index contributed by atoms with van der Waals surface area (Å²) in [5.74, 6) is 4.84. The molecule has 0 spiro atoms. The van der Waals surface area contributed by atoms with Gasteiger partial charge in [-0.3, -0.25) is 0 Å². The van der Waals surface area contributed by atoms with Gasteiger partial charge in [-0.25, -0.2) is 0 Å². The van der Waals surface area contributed by atoms with Crippen molar-refractivity contribution in [3.05, 3.63) is 0 Å². The zero-order chi connectivity index (χ0) is 7.11. The maximum atomic E-state index is 5.21. The van der Waals surface area contributed by atoms with Gasteiger partial charge in [0, 0.05) is 0 Å². The van der Waals surface area contributed by atoms with Crippen LogP contribution in [-0.2, 0) is 7.90 Å². The van der Waals surface area contributed by atoms with Crippen molar-refractivity contribution >= 4 is 0 Å². The molecule has 0 aromatic carbocycles. The van der Waals surface area contributed by atoms with E-state index in [2.05, 4.69) is 4.84 Å². The summed E-state index contributed by atoms with van der Waals surface area (Å²) in [4.78, 5) is 4.41. The van der Waals surface area contributed by atoms with Gasteiger partial charge in [0.2, 0.25) is 0 Å². The molecule has 0 rings (SSSR count). The molecule has 0 bridgehead atoms. The van der Waals surface area contributed by atoms with Gasteiger partial charge in [0.05, 0.1) is 0 Å². The first-order valence-corrected chi connectivity index (χ1v) is 4.48. The van der Waals surface area contributed by atoms with E-state index in [9.17, 15) is 0 Å². The van der Waals surface area contributed by atoms with Crippen molar-refractivity contribution in [3.8, 4) is 0 Å². The first-order chi connectivity index (χ1) is 4.35. The van der Waals surface area contributed by atoms with Crippen molar-refractivity contribution in [2.75, 3.05) is 13.2 Å². The van der Waals surface area contributed by atoms with Crippen LogP contribution < -0.4 is 37.5 Å². The molecule has 0 radical (unpaired) electrons. The van der Waals surface area contributed by atoms with Crippen LogP contribution in [0.25, 0.3) is 0 Å². The molecule has 0 saturated heterocycles. The predicted molar refractivity (Wildman–Crippen MR) is 28.3 cm³/mol. The second-order valence-electron chi connectivity index (χ2n) is 1.36. The van der Waals surface area contributed by atoms with E-state index in [1.54, 1.807) is 0 Å². The van der Waals surface area contributed by atoms with Crippen molar-refractivity contribution in [1.82, 2.24) is 0 Å². The molecule has 0 saturated carbocycles. The third-order valence-electron chi connectivity index (χ3n) is 0.767. The van der Waals surface area contributed by atoms with E-state index >= 15 is 0 Å². The van der Waals surface area contributed by atoms with Gasteiger partial charge in [0.15, 0.2) is 0 Å². The summed E-state index contributed by atoms with van der Waals surface area (Å²) in [6, 6.07) is 0. The molecular weight excluding hydrogens is 237 g/mol. The van der Waals surface area contributed by atoms with Crippen molar-refractivity contribution < 1.29 is 29.8 Å². The van der Waals surface area contributed by atoms with Crippen LogP contribution in [0.4, 0.5) is 0 Å². The molecule has 0 aliphatic heterocycles. The third kappa shape index (κ3) is 5.00. The van der Waals surface area contributed by atoms with Gasteiger partial charge in [0.1, 0.15) is 0 Å². The van der Waals surface area contributed by atoms with Crippen LogP contribution in [0.3, 0.4) is 0 Å². The van der Waals surface area contributed by atoms with Crippen LogP contribution in [0.2, 0.25) is 0 Å². The van der Waals surface area contributed by atoms with Crippen LogP contribution in [0, 0.1) is 0 Å². The number of nitrogens with two attached hydrogens (primary N) is 3. The molecule has 0 heterocycles. The van der Waals surface area contributed by atoms with Crippen LogP contribution in [0.5, 0.6) is 0 Å². The molecular formula is C3H11IN3O2-. The van der Waals surface area contributed by atoms with E-state index in [-0.39, 0.29) is 6.10 Å². The Balaban J connectivity index is 3.09. The molecule has 5 nitrogen and oxygen atoms in total. The fraction of sp³-hybridized carbons (Fsp3) is 1.00. The molecule has 1 atom stereocenters. The van der Waals surface area contributed by atoms with Crippen molar-refractivity contribution in [2.45, 2.75) is 6.10 Å². The van der Waals surface area contributed by atoms with E-state index in [0.717, 1.165) is 0 Å². The second kappa shape index (κ2) is 6.65. The van der Waals surface area contributed by atoms with E-state index in [1.807, 2.05) is 0 Å². The summed E-state index contributed by atoms with van der Waals surface area (Å²) in [6.45, 7) is 0.761. The molecule has 0 aliphatic rings. The minimum atomic E-state index is -0.630. The summed E-state index contributed by atoms with van der Waals surface area (Å²) in [5.41, 5.74) is 5.21. The van der Waals surface area contributed by atoms with Crippen LogP contribution in [0.15, 0.2) is 0 Å². The molecule has 0 aliphatic carbocycles. The summed E-state index contributed by atoms with van der Waals surface area (Å²) >= 11 is -0.630. The number of hydrogen-bond donors (Lipinski definition) is 3. The topological polar surface area (TPSA) is 96.5 Å². The average molecular weight is 248 g/mol. The van der Waals surface area contributed by atoms with Crippen molar-refractivity contribution in [1.29, 1.82) is 0 Å². The molecule has 0 aromatic rings. The Bertz CT molecular complexity index is 61.0. The van der Waals surface area contributed by atoms with Gasteiger partial charge in [0.25, 0.3) is 0 Å². The van der Waals surface area contributed by atoms with E-state index in [1.165, 1.54) is 0 Å². The normalized spacial score (nSPS) is 14.1. The third-order valence-corrected chi connectivity index (χ3v) is 1.49. The number of hydrogen-bond acceptors (Lipinski definition) is 5. The van der Waals surface area contributed by atoms with Gasteiger partial charge in [-0.2, -0.15) is 0 Å². The Hall–Kier alpha value is 0.530. The molecule has 9 heavy (non-hydrogen) atoms. The maximum absolute atomic E-state index is 5.21. The Morgan fingerprint density at radius 3 is 2.56 bits per heavy atom. The Morgan fingerprint density at radius 2 is 2.22 bits per heavy atom. The zero-order valence-corrected chi connectivity index (χ0v) is 7.08. The Morgan fingerprint density at radius 1 is 1.56 bits per heavy atom. The predicted octanol–water partition coefficient (Wildman–Crippen LogP) is -4.90. The molecule has 0 fully saturated rings. The van der Waals surface area contributed by atoms with Gasteiger partial charge < -0.3 is 0 Å². The summed E-state index contributed by atoms with van der Waals surface area (Å²) in [7, 11) is 0. The van der Waals surface area contributed by atoms with Gasteiger partial charge in [-0.15, -0.1) is 0 Å². The van der Waals surface area contributed by atoms with Crippen LogP contribution in [-0.4, -0.2) is 19.3 Å². The molecule has 1 unspecified atom stereocenters.